The second-order valence-electron chi connectivity index (χ2n) is 3.44. The van der Waals surface area contributed by atoms with Crippen LogP contribution in [0.4, 0.5) is 4.39 Å². The predicted molar refractivity (Wildman–Crippen MR) is 73.0 cm³/mol. The first-order valence-electron chi connectivity index (χ1n) is 5.47. The van der Waals surface area contributed by atoms with Gasteiger partial charge in [-0.25, -0.2) is 4.39 Å². The monoisotopic (exact) mass is 253 g/mol. The van der Waals surface area contributed by atoms with E-state index in [0.29, 0.717) is 10.7 Å². The van der Waals surface area contributed by atoms with Gasteiger partial charge in [0.2, 0.25) is 0 Å². The molecule has 0 spiro atoms. The first-order chi connectivity index (χ1) is 8.22. The summed E-state index contributed by atoms with van der Waals surface area (Å²) in [6.07, 6.45) is 3.72. The van der Waals surface area contributed by atoms with Crippen LogP contribution in [0.1, 0.15) is 25.3 Å². The third-order valence-corrected chi connectivity index (χ3v) is 2.83. The molecule has 0 aliphatic rings. The normalized spacial score (nSPS) is 12.2. The molecule has 2 N–H and O–H groups in total. The molecule has 0 aromatic heterocycles. The molecule has 0 aliphatic heterocycles. The Bertz CT molecular complexity index is 404. The Kier molecular flexibility index (Phi) is 6.32. The van der Waals surface area contributed by atoms with Gasteiger partial charge < -0.3 is 5.73 Å². The molecule has 0 amide bonds. The lowest BCUT2D eigenvalue weighted by Crippen LogP contribution is -2.06. The molecule has 0 aliphatic carbocycles. The SMILES string of the molecule is CCCCS/C(N)=N/N=C/c1cccc(F)c1. The van der Waals surface area contributed by atoms with E-state index in [4.69, 9.17) is 5.73 Å². The first kappa shape index (κ1) is 13.7. The molecule has 1 rings (SSSR count). The minimum absolute atomic E-state index is 0.289. The molecule has 0 saturated heterocycles. The van der Waals surface area contributed by atoms with Gasteiger partial charge in [-0.3, -0.25) is 0 Å². The van der Waals surface area contributed by atoms with Crippen molar-refractivity contribution >= 4 is 23.1 Å². The average Bonchev–Trinajstić information content (AvgIpc) is 2.29. The molecule has 0 atom stereocenters. The number of hydrogen-bond acceptors (Lipinski definition) is 3. The van der Waals surface area contributed by atoms with Gasteiger partial charge in [-0.05, 0) is 24.1 Å². The van der Waals surface area contributed by atoms with Crippen molar-refractivity contribution in [3.63, 3.8) is 0 Å². The molecule has 1 aromatic carbocycles. The van der Waals surface area contributed by atoms with E-state index in [1.165, 1.54) is 30.1 Å². The van der Waals surface area contributed by atoms with Crippen LogP contribution >= 0.6 is 11.8 Å². The van der Waals surface area contributed by atoms with Gasteiger partial charge in [0.05, 0.1) is 6.21 Å². The van der Waals surface area contributed by atoms with Crippen molar-refractivity contribution in [1.29, 1.82) is 0 Å². The van der Waals surface area contributed by atoms with E-state index in [9.17, 15) is 4.39 Å². The third kappa shape index (κ3) is 6.06. The third-order valence-electron chi connectivity index (χ3n) is 1.96. The van der Waals surface area contributed by atoms with Gasteiger partial charge in [0, 0.05) is 5.75 Å². The number of nitrogens with zero attached hydrogens (tertiary/aromatic N) is 2. The summed E-state index contributed by atoms with van der Waals surface area (Å²) >= 11 is 1.48. The number of nitrogens with two attached hydrogens (primary N) is 1. The summed E-state index contributed by atoms with van der Waals surface area (Å²) < 4.78 is 12.8. The molecule has 0 bridgehead atoms. The fourth-order valence-electron chi connectivity index (χ4n) is 1.09. The van der Waals surface area contributed by atoms with Crippen LogP contribution in [0.2, 0.25) is 0 Å². The van der Waals surface area contributed by atoms with Crippen LogP contribution in [0.5, 0.6) is 0 Å². The molecule has 0 fully saturated rings. The largest absolute Gasteiger partial charge is 0.377 e. The lowest BCUT2D eigenvalue weighted by molar-refractivity contribution is 0.627. The standard InChI is InChI=1S/C12H16FN3S/c1-2-3-7-17-12(14)16-15-9-10-5-4-6-11(13)8-10/h4-6,8-9H,2-3,7H2,1H3,(H2,14,16)/b15-9+. The number of benzene rings is 1. The minimum Gasteiger partial charge on any atom is -0.377 e. The first-order valence-corrected chi connectivity index (χ1v) is 6.46. The number of amidine groups is 1. The highest BCUT2D eigenvalue weighted by Gasteiger charge is 1.93. The highest BCUT2D eigenvalue weighted by Crippen LogP contribution is 2.04. The maximum absolute atomic E-state index is 12.8. The quantitative estimate of drug-likeness (QED) is 0.379. The Morgan fingerprint density at radius 1 is 1.53 bits per heavy atom. The van der Waals surface area contributed by atoms with Crippen molar-refractivity contribution in [2.45, 2.75) is 19.8 Å². The zero-order valence-electron chi connectivity index (χ0n) is 9.77. The highest BCUT2D eigenvalue weighted by atomic mass is 32.2. The summed E-state index contributed by atoms with van der Waals surface area (Å²) in [4.78, 5) is 0. The van der Waals surface area contributed by atoms with Crippen LogP contribution < -0.4 is 5.73 Å². The fourth-order valence-corrected chi connectivity index (χ4v) is 1.84. The van der Waals surface area contributed by atoms with E-state index in [1.807, 2.05) is 0 Å². The van der Waals surface area contributed by atoms with Gasteiger partial charge in [-0.2, -0.15) is 5.10 Å². The van der Waals surface area contributed by atoms with Crippen LogP contribution in [0.3, 0.4) is 0 Å². The summed E-state index contributed by atoms with van der Waals surface area (Å²) in [6.45, 7) is 2.12. The van der Waals surface area contributed by atoms with Crippen molar-refractivity contribution in [2.75, 3.05) is 5.75 Å². The smallest absolute Gasteiger partial charge is 0.180 e. The maximum Gasteiger partial charge on any atom is 0.180 e. The molecule has 0 unspecified atom stereocenters. The minimum atomic E-state index is -0.289. The van der Waals surface area contributed by atoms with E-state index < -0.39 is 0 Å². The molecule has 0 saturated carbocycles. The molecule has 3 nitrogen and oxygen atoms in total. The molecule has 5 heteroatoms. The topological polar surface area (TPSA) is 50.7 Å². The second kappa shape index (κ2) is 7.84. The van der Waals surface area contributed by atoms with E-state index in [2.05, 4.69) is 17.1 Å². The Labute approximate surface area is 105 Å². The van der Waals surface area contributed by atoms with Gasteiger partial charge in [-0.1, -0.05) is 37.2 Å². The van der Waals surface area contributed by atoms with Crippen LogP contribution in [0, 0.1) is 5.82 Å². The zero-order valence-corrected chi connectivity index (χ0v) is 10.6. The second-order valence-corrected chi connectivity index (χ2v) is 4.56. The average molecular weight is 253 g/mol. The zero-order chi connectivity index (χ0) is 12.5. The number of rotatable bonds is 5. The Balaban J connectivity index is 2.45. The molecule has 17 heavy (non-hydrogen) atoms. The van der Waals surface area contributed by atoms with Gasteiger partial charge in [0.1, 0.15) is 5.82 Å². The highest BCUT2D eigenvalue weighted by molar-refractivity contribution is 8.13. The lowest BCUT2D eigenvalue weighted by atomic mass is 10.2. The van der Waals surface area contributed by atoms with Gasteiger partial charge in [-0.15, -0.1) is 5.10 Å². The lowest BCUT2D eigenvalue weighted by Gasteiger charge is -1.96. The molecule has 92 valence electrons. The van der Waals surface area contributed by atoms with Crippen molar-refractivity contribution in [2.24, 2.45) is 15.9 Å². The summed E-state index contributed by atoms with van der Waals surface area (Å²) in [5.41, 5.74) is 6.30. The Morgan fingerprint density at radius 2 is 2.35 bits per heavy atom. The van der Waals surface area contributed by atoms with Crippen molar-refractivity contribution in [3.05, 3.63) is 35.6 Å². The fraction of sp³-hybridized carbons (Fsp3) is 0.333. The molecular weight excluding hydrogens is 237 g/mol. The van der Waals surface area contributed by atoms with Crippen molar-refractivity contribution in [1.82, 2.24) is 0 Å². The van der Waals surface area contributed by atoms with Crippen molar-refractivity contribution in [3.8, 4) is 0 Å². The molecule has 0 radical (unpaired) electrons. The van der Waals surface area contributed by atoms with E-state index in [1.54, 1.807) is 12.1 Å². The number of halogens is 1. The van der Waals surface area contributed by atoms with E-state index >= 15 is 0 Å². The molecule has 0 heterocycles. The van der Waals surface area contributed by atoms with Gasteiger partial charge >= 0.3 is 0 Å². The van der Waals surface area contributed by atoms with Gasteiger partial charge in [0.15, 0.2) is 5.17 Å². The van der Waals surface area contributed by atoms with E-state index in [0.717, 1.165) is 18.6 Å². The molecule has 1 aromatic rings. The maximum atomic E-state index is 12.8. The van der Waals surface area contributed by atoms with E-state index in [-0.39, 0.29) is 5.82 Å². The van der Waals surface area contributed by atoms with Crippen molar-refractivity contribution < 1.29 is 4.39 Å². The summed E-state index contributed by atoms with van der Waals surface area (Å²) in [7, 11) is 0. The predicted octanol–water partition coefficient (Wildman–Crippen LogP) is 3.01. The summed E-state index contributed by atoms with van der Waals surface area (Å²) in [5, 5.41) is 8.07. The van der Waals surface area contributed by atoms with Crippen LogP contribution in [0.15, 0.2) is 34.5 Å². The van der Waals surface area contributed by atoms with Crippen LogP contribution in [-0.2, 0) is 0 Å². The number of thioether (sulfide) groups is 1. The number of hydrogen-bond donors (Lipinski definition) is 1. The summed E-state index contributed by atoms with van der Waals surface area (Å²) in [5.74, 6) is 0.657. The van der Waals surface area contributed by atoms with Crippen LogP contribution in [-0.4, -0.2) is 17.1 Å². The summed E-state index contributed by atoms with van der Waals surface area (Å²) in [6, 6.07) is 6.15. The Morgan fingerprint density at radius 3 is 3.06 bits per heavy atom. The number of unbranched alkanes of at least 4 members (excludes halogenated alkanes) is 1. The molecular formula is C12H16FN3S. The van der Waals surface area contributed by atoms with Crippen LogP contribution in [0.25, 0.3) is 0 Å². The Hall–Kier alpha value is -1.36. The van der Waals surface area contributed by atoms with Gasteiger partial charge in [0.25, 0.3) is 0 Å².